The van der Waals surface area contributed by atoms with Gasteiger partial charge in [0.15, 0.2) is 0 Å². The Balaban J connectivity index is 2.73. The van der Waals surface area contributed by atoms with Crippen molar-refractivity contribution in [1.29, 1.82) is 0 Å². The minimum Gasteiger partial charge on any atom is -0.495 e. The fourth-order valence-corrected chi connectivity index (χ4v) is 3.61. The first-order chi connectivity index (χ1) is 9.53. The van der Waals surface area contributed by atoms with Gasteiger partial charge in [-0.25, -0.2) is 0 Å². The number of nitrogens with two attached hydrogens (primary N) is 1. The monoisotopic (exact) mass is 329 g/mol. The molecule has 2 N–H and O–H groups in total. The quantitative estimate of drug-likeness (QED) is 0.861. The lowest BCUT2D eigenvalue weighted by Crippen LogP contribution is -1.92. The van der Waals surface area contributed by atoms with Crippen LogP contribution >= 0.6 is 34.5 Å². The fourth-order valence-electron chi connectivity index (χ4n) is 1.80. The SMILES string of the molecule is C=Cc1cc(-c2c(Cl)c(OC)cc(OC)c2Cl)sc1N. The number of ether oxygens (including phenoxy) is 2. The summed E-state index contributed by atoms with van der Waals surface area (Å²) in [6, 6.07) is 3.54. The van der Waals surface area contributed by atoms with Gasteiger partial charge in [0.2, 0.25) is 0 Å². The standard InChI is InChI=1S/C14H13Cl2NO2S/c1-4-7-5-10(20-14(7)17)11-12(15)8(18-2)6-9(19-3)13(11)16/h4-6H,1,17H2,2-3H3. The molecule has 0 aliphatic carbocycles. The number of hydrogen-bond acceptors (Lipinski definition) is 4. The van der Waals surface area contributed by atoms with E-state index in [4.69, 9.17) is 38.4 Å². The highest BCUT2D eigenvalue weighted by molar-refractivity contribution is 7.19. The topological polar surface area (TPSA) is 44.5 Å². The van der Waals surface area contributed by atoms with E-state index in [9.17, 15) is 0 Å². The molecule has 0 unspecified atom stereocenters. The molecule has 0 bridgehead atoms. The zero-order valence-corrected chi connectivity index (χ0v) is 13.3. The Morgan fingerprint density at radius 3 is 2.10 bits per heavy atom. The van der Waals surface area contributed by atoms with Gasteiger partial charge in [-0.1, -0.05) is 35.9 Å². The molecular weight excluding hydrogens is 317 g/mol. The van der Waals surface area contributed by atoms with E-state index in [1.54, 1.807) is 12.1 Å². The van der Waals surface area contributed by atoms with Gasteiger partial charge in [0, 0.05) is 22.1 Å². The Morgan fingerprint density at radius 1 is 1.15 bits per heavy atom. The molecule has 2 aromatic rings. The molecule has 0 atom stereocenters. The Kier molecular flexibility index (Phi) is 4.48. The second kappa shape index (κ2) is 5.95. The molecule has 0 saturated carbocycles. The zero-order valence-electron chi connectivity index (χ0n) is 11.0. The molecular formula is C14H13Cl2NO2S. The van der Waals surface area contributed by atoms with Gasteiger partial charge in [-0.05, 0) is 6.07 Å². The van der Waals surface area contributed by atoms with Gasteiger partial charge in [-0.3, -0.25) is 0 Å². The van der Waals surface area contributed by atoms with Gasteiger partial charge >= 0.3 is 0 Å². The Morgan fingerprint density at radius 2 is 1.70 bits per heavy atom. The number of thiophene rings is 1. The maximum Gasteiger partial charge on any atom is 0.141 e. The number of halogens is 2. The largest absolute Gasteiger partial charge is 0.495 e. The summed E-state index contributed by atoms with van der Waals surface area (Å²) < 4.78 is 10.5. The van der Waals surface area contributed by atoms with Crippen molar-refractivity contribution >= 4 is 45.6 Å². The van der Waals surface area contributed by atoms with Gasteiger partial charge in [-0.15, -0.1) is 11.3 Å². The lowest BCUT2D eigenvalue weighted by molar-refractivity contribution is 0.395. The average Bonchev–Trinajstić information content (AvgIpc) is 2.80. The molecule has 0 radical (unpaired) electrons. The summed E-state index contributed by atoms with van der Waals surface area (Å²) in [4.78, 5) is 0.838. The minimum atomic E-state index is 0.426. The van der Waals surface area contributed by atoms with Crippen molar-refractivity contribution in [3.63, 3.8) is 0 Å². The van der Waals surface area contributed by atoms with Crippen molar-refractivity contribution in [2.45, 2.75) is 0 Å². The van der Waals surface area contributed by atoms with Crippen molar-refractivity contribution in [3.05, 3.63) is 34.3 Å². The maximum atomic E-state index is 6.36. The summed E-state index contributed by atoms with van der Waals surface area (Å²) in [7, 11) is 3.08. The first-order valence-corrected chi connectivity index (χ1v) is 7.22. The van der Waals surface area contributed by atoms with Crippen LogP contribution in [0.15, 0.2) is 18.7 Å². The van der Waals surface area contributed by atoms with Crippen molar-refractivity contribution in [2.24, 2.45) is 0 Å². The van der Waals surface area contributed by atoms with Crippen LogP contribution in [0, 0.1) is 0 Å². The van der Waals surface area contributed by atoms with Crippen molar-refractivity contribution in [2.75, 3.05) is 20.0 Å². The molecule has 0 amide bonds. The predicted octanol–water partition coefficient (Wildman–Crippen LogP) is 4.96. The van der Waals surface area contributed by atoms with E-state index in [-0.39, 0.29) is 0 Å². The average molecular weight is 330 g/mol. The maximum absolute atomic E-state index is 6.36. The third-order valence-corrected chi connectivity index (χ3v) is 4.58. The van der Waals surface area contributed by atoms with Crippen LogP contribution in [0.5, 0.6) is 11.5 Å². The molecule has 106 valence electrons. The molecule has 0 aliphatic rings. The molecule has 20 heavy (non-hydrogen) atoms. The summed E-state index contributed by atoms with van der Waals surface area (Å²) in [6.07, 6.45) is 1.69. The Bertz CT molecular complexity index is 639. The predicted molar refractivity (Wildman–Crippen MR) is 87.4 cm³/mol. The highest BCUT2D eigenvalue weighted by Gasteiger charge is 2.20. The van der Waals surface area contributed by atoms with Crippen LogP contribution in [0.4, 0.5) is 5.00 Å². The van der Waals surface area contributed by atoms with Crippen LogP contribution in [0.25, 0.3) is 16.5 Å². The molecule has 6 heteroatoms. The first kappa shape index (κ1) is 15.0. The van der Waals surface area contributed by atoms with Gasteiger partial charge in [0.05, 0.1) is 29.3 Å². The Hall–Kier alpha value is -1.36. The third-order valence-electron chi connectivity index (χ3n) is 2.83. The van der Waals surface area contributed by atoms with Crippen LogP contribution in [-0.4, -0.2) is 14.2 Å². The van der Waals surface area contributed by atoms with Crippen LogP contribution in [0.3, 0.4) is 0 Å². The Labute approximate surface area is 131 Å². The first-order valence-electron chi connectivity index (χ1n) is 5.65. The number of methoxy groups -OCH3 is 2. The summed E-state index contributed by atoms with van der Waals surface area (Å²) in [5, 5.41) is 1.51. The smallest absolute Gasteiger partial charge is 0.141 e. The van der Waals surface area contributed by atoms with E-state index in [1.807, 2.05) is 6.07 Å². The molecule has 1 heterocycles. The van der Waals surface area contributed by atoms with Gasteiger partial charge < -0.3 is 15.2 Å². The van der Waals surface area contributed by atoms with Crippen LogP contribution in [-0.2, 0) is 0 Å². The second-order valence-electron chi connectivity index (χ2n) is 3.92. The number of rotatable bonds is 4. The molecule has 2 rings (SSSR count). The number of hydrogen-bond donors (Lipinski definition) is 1. The molecule has 0 spiro atoms. The molecule has 0 fully saturated rings. The van der Waals surface area contributed by atoms with E-state index in [1.165, 1.54) is 25.6 Å². The highest BCUT2D eigenvalue weighted by Crippen LogP contribution is 2.48. The van der Waals surface area contributed by atoms with Crippen LogP contribution in [0.2, 0.25) is 10.0 Å². The van der Waals surface area contributed by atoms with E-state index in [0.29, 0.717) is 32.1 Å². The van der Waals surface area contributed by atoms with Gasteiger partial charge in [0.25, 0.3) is 0 Å². The normalized spacial score (nSPS) is 10.4. The van der Waals surface area contributed by atoms with Gasteiger partial charge in [0.1, 0.15) is 11.5 Å². The van der Waals surface area contributed by atoms with E-state index in [2.05, 4.69) is 6.58 Å². The van der Waals surface area contributed by atoms with E-state index < -0.39 is 0 Å². The molecule has 3 nitrogen and oxygen atoms in total. The molecule has 1 aromatic carbocycles. The number of benzene rings is 1. The van der Waals surface area contributed by atoms with E-state index in [0.717, 1.165) is 10.4 Å². The second-order valence-corrected chi connectivity index (χ2v) is 5.76. The fraction of sp³-hybridized carbons (Fsp3) is 0.143. The summed E-state index contributed by atoms with van der Waals surface area (Å²) in [5.74, 6) is 0.991. The van der Waals surface area contributed by atoms with Crippen molar-refractivity contribution in [1.82, 2.24) is 0 Å². The third kappa shape index (κ3) is 2.46. The van der Waals surface area contributed by atoms with Crippen molar-refractivity contribution < 1.29 is 9.47 Å². The molecule has 1 aromatic heterocycles. The van der Waals surface area contributed by atoms with Crippen LogP contribution < -0.4 is 15.2 Å². The number of anilines is 1. The minimum absolute atomic E-state index is 0.426. The van der Waals surface area contributed by atoms with Crippen LogP contribution in [0.1, 0.15) is 5.56 Å². The molecule has 0 saturated heterocycles. The lowest BCUT2D eigenvalue weighted by Gasteiger charge is -2.13. The summed E-state index contributed by atoms with van der Waals surface area (Å²) in [5.41, 5.74) is 7.42. The number of nitrogen functional groups attached to an aromatic ring is 1. The molecule has 0 aliphatic heterocycles. The van der Waals surface area contributed by atoms with Gasteiger partial charge in [-0.2, -0.15) is 0 Å². The zero-order chi connectivity index (χ0) is 14.9. The summed E-state index contributed by atoms with van der Waals surface area (Å²) >= 11 is 14.1. The van der Waals surface area contributed by atoms with E-state index >= 15 is 0 Å². The van der Waals surface area contributed by atoms with Crippen molar-refractivity contribution in [3.8, 4) is 21.9 Å². The lowest BCUT2D eigenvalue weighted by atomic mass is 10.1. The summed E-state index contributed by atoms with van der Waals surface area (Å²) in [6.45, 7) is 3.72. The highest BCUT2D eigenvalue weighted by atomic mass is 35.5.